The second-order valence-corrected chi connectivity index (χ2v) is 4.52. The number of benzene rings is 2. The van der Waals surface area contributed by atoms with Gasteiger partial charge in [0, 0.05) is 24.6 Å². The van der Waals surface area contributed by atoms with Crippen molar-refractivity contribution in [1.29, 1.82) is 0 Å². The van der Waals surface area contributed by atoms with Crippen LogP contribution in [0.2, 0.25) is 0 Å². The number of hydrogen-bond donors (Lipinski definition) is 2. The summed E-state index contributed by atoms with van der Waals surface area (Å²) in [5.41, 5.74) is 3.10. The first-order chi connectivity index (χ1) is 9.81. The average molecular weight is 265 g/mol. The third-order valence-corrected chi connectivity index (χ3v) is 3.04. The van der Waals surface area contributed by atoms with Crippen molar-refractivity contribution in [1.82, 2.24) is 9.78 Å². The zero-order valence-corrected chi connectivity index (χ0v) is 10.9. The van der Waals surface area contributed by atoms with Gasteiger partial charge in [-0.15, -0.1) is 0 Å². The van der Waals surface area contributed by atoms with Crippen molar-refractivity contribution in [3.8, 4) is 11.4 Å². The number of phenols is 1. The fourth-order valence-corrected chi connectivity index (χ4v) is 2.02. The van der Waals surface area contributed by atoms with E-state index in [1.807, 2.05) is 53.3 Å². The summed E-state index contributed by atoms with van der Waals surface area (Å²) in [5.74, 6) is 0.290. The number of hydrogen-bond acceptors (Lipinski definition) is 3. The molecule has 0 aliphatic heterocycles. The van der Waals surface area contributed by atoms with Crippen molar-refractivity contribution in [2.24, 2.45) is 0 Å². The van der Waals surface area contributed by atoms with Crippen molar-refractivity contribution in [2.75, 3.05) is 5.32 Å². The van der Waals surface area contributed by atoms with Crippen LogP contribution in [0.4, 0.5) is 5.69 Å². The standard InChI is InChI=1S/C16H15N3O/c20-16-4-1-3-13(11-16)12-17-14-5-7-15(8-6-14)19-10-2-9-18-19/h1-11,17,20H,12H2. The molecule has 4 heteroatoms. The van der Waals surface area contributed by atoms with E-state index in [4.69, 9.17) is 0 Å². The van der Waals surface area contributed by atoms with E-state index >= 15 is 0 Å². The van der Waals surface area contributed by atoms with Crippen molar-refractivity contribution >= 4 is 5.69 Å². The Bertz CT molecular complexity index is 675. The average Bonchev–Trinajstić information content (AvgIpc) is 3.00. The molecule has 20 heavy (non-hydrogen) atoms. The molecule has 2 N–H and O–H groups in total. The van der Waals surface area contributed by atoms with Crippen LogP contribution in [0.1, 0.15) is 5.56 Å². The van der Waals surface area contributed by atoms with Crippen molar-refractivity contribution in [3.05, 3.63) is 72.6 Å². The Kier molecular flexibility index (Phi) is 3.37. The highest BCUT2D eigenvalue weighted by Crippen LogP contribution is 2.15. The van der Waals surface area contributed by atoms with E-state index < -0.39 is 0 Å². The molecule has 0 spiro atoms. The molecule has 0 saturated heterocycles. The maximum absolute atomic E-state index is 9.41. The van der Waals surface area contributed by atoms with E-state index in [0.717, 1.165) is 16.9 Å². The molecule has 0 unspecified atom stereocenters. The quantitative estimate of drug-likeness (QED) is 0.761. The number of aromatic hydroxyl groups is 1. The molecular weight excluding hydrogens is 250 g/mol. The van der Waals surface area contributed by atoms with Gasteiger partial charge in [-0.25, -0.2) is 4.68 Å². The summed E-state index contributed by atoms with van der Waals surface area (Å²) < 4.78 is 1.82. The predicted octanol–water partition coefficient (Wildman–Crippen LogP) is 3.19. The van der Waals surface area contributed by atoms with Crippen LogP contribution < -0.4 is 5.32 Å². The van der Waals surface area contributed by atoms with E-state index in [1.54, 1.807) is 18.3 Å². The normalized spacial score (nSPS) is 10.4. The number of phenolic OH excluding ortho intramolecular Hbond substituents is 1. The fraction of sp³-hybridized carbons (Fsp3) is 0.0625. The smallest absolute Gasteiger partial charge is 0.115 e. The van der Waals surface area contributed by atoms with E-state index in [2.05, 4.69) is 10.4 Å². The number of nitrogens with zero attached hydrogens (tertiary/aromatic N) is 2. The molecule has 100 valence electrons. The van der Waals surface area contributed by atoms with Gasteiger partial charge in [-0.05, 0) is 48.0 Å². The minimum atomic E-state index is 0.290. The molecular formula is C16H15N3O. The van der Waals surface area contributed by atoms with Gasteiger partial charge in [0.2, 0.25) is 0 Å². The summed E-state index contributed by atoms with van der Waals surface area (Å²) in [6.45, 7) is 0.676. The molecule has 0 radical (unpaired) electrons. The minimum absolute atomic E-state index is 0.290. The van der Waals surface area contributed by atoms with Gasteiger partial charge < -0.3 is 10.4 Å². The molecule has 0 fully saturated rings. The summed E-state index contributed by atoms with van der Waals surface area (Å²) >= 11 is 0. The Hall–Kier alpha value is -2.75. The van der Waals surface area contributed by atoms with Crippen LogP contribution >= 0.6 is 0 Å². The highest BCUT2D eigenvalue weighted by Gasteiger charge is 1.98. The van der Waals surface area contributed by atoms with Crippen molar-refractivity contribution in [2.45, 2.75) is 6.54 Å². The van der Waals surface area contributed by atoms with Gasteiger partial charge in [-0.3, -0.25) is 0 Å². The molecule has 0 amide bonds. The SMILES string of the molecule is Oc1cccc(CNc2ccc(-n3cccn3)cc2)c1. The second-order valence-electron chi connectivity index (χ2n) is 4.52. The fourth-order valence-electron chi connectivity index (χ4n) is 2.02. The Labute approximate surface area is 117 Å². The van der Waals surface area contributed by atoms with Crippen molar-refractivity contribution in [3.63, 3.8) is 0 Å². The van der Waals surface area contributed by atoms with Gasteiger partial charge >= 0.3 is 0 Å². The summed E-state index contributed by atoms with van der Waals surface area (Å²) in [6, 6.07) is 17.2. The van der Waals surface area contributed by atoms with Crippen LogP contribution in [0.3, 0.4) is 0 Å². The number of rotatable bonds is 4. The summed E-state index contributed by atoms with van der Waals surface area (Å²) in [7, 11) is 0. The zero-order valence-electron chi connectivity index (χ0n) is 10.9. The predicted molar refractivity (Wildman–Crippen MR) is 79.0 cm³/mol. The molecule has 3 rings (SSSR count). The van der Waals surface area contributed by atoms with E-state index in [9.17, 15) is 5.11 Å². The van der Waals surface area contributed by atoms with Crippen LogP contribution in [0, 0.1) is 0 Å². The van der Waals surface area contributed by atoms with E-state index in [1.165, 1.54) is 0 Å². The lowest BCUT2D eigenvalue weighted by atomic mass is 10.2. The highest BCUT2D eigenvalue weighted by atomic mass is 16.3. The molecule has 0 saturated carbocycles. The summed E-state index contributed by atoms with van der Waals surface area (Å²) in [6.07, 6.45) is 3.67. The Morgan fingerprint density at radius 2 is 1.90 bits per heavy atom. The first-order valence-corrected chi connectivity index (χ1v) is 6.43. The summed E-state index contributed by atoms with van der Waals surface area (Å²) in [4.78, 5) is 0. The van der Waals surface area contributed by atoms with Gasteiger partial charge in [0.15, 0.2) is 0 Å². The molecule has 0 bridgehead atoms. The Balaban J connectivity index is 1.67. The Morgan fingerprint density at radius 3 is 2.60 bits per heavy atom. The topological polar surface area (TPSA) is 50.1 Å². The molecule has 0 aliphatic carbocycles. The zero-order chi connectivity index (χ0) is 13.8. The van der Waals surface area contributed by atoms with E-state index in [0.29, 0.717) is 12.3 Å². The lowest BCUT2D eigenvalue weighted by Gasteiger charge is -2.08. The molecule has 1 aromatic heterocycles. The van der Waals surface area contributed by atoms with Gasteiger partial charge in [-0.1, -0.05) is 12.1 Å². The van der Waals surface area contributed by atoms with Crippen LogP contribution in [-0.2, 0) is 6.54 Å². The molecule has 4 nitrogen and oxygen atoms in total. The van der Waals surface area contributed by atoms with Crippen molar-refractivity contribution < 1.29 is 5.11 Å². The first-order valence-electron chi connectivity index (χ1n) is 6.43. The second kappa shape index (κ2) is 5.48. The third kappa shape index (κ3) is 2.80. The monoisotopic (exact) mass is 265 g/mol. The molecule has 0 aliphatic rings. The first kappa shape index (κ1) is 12.3. The molecule has 1 heterocycles. The van der Waals surface area contributed by atoms with Gasteiger partial charge in [-0.2, -0.15) is 5.10 Å². The number of aromatic nitrogens is 2. The van der Waals surface area contributed by atoms with Crippen LogP contribution in [0.15, 0.2) is 67.0 Å². The largest absolute Gasteiger partial charge is 0.508 e. The lowest BCUT2D eigenvalue weighted by molar-refractivity contribution is 0.474. The molecule has 2 aromatic carbocycles. The van der Waals surface area contributed by atoms with Crippen LogP contribution in [-0.4, -0.2) is 14.9 Å². The number of nitrogens with one attached hydrogen (secondary N) is 1. The van der Waals surface area contributed by atoms with Crippen LogP contribution in [0.25, 0.3) is 5.69 Å². The third-order valence-electron chi connectivity index (χ3n) is 3.04. The highest BCUT2D eigenvalue weighted by molar-refractivity contribution is 5.49. The Morgan fingerprint density at radius 1 is 1.05 bits per heavy atom. The van der Waals surface area contributed by atoms with Crippen LogP contribution in [0.5, 0.6) is 5.75 Å². The minimum Gasteiger partial charge on any atom is -0.508 e. The van der Waals surface area contributed by atoms with Gasteiger partial charge in [0.25, 0.3) is 0 Å². The molecule has 0 atom stereocenters. The van der Waals surface area contributed by atoms with Gasteiger partial charge in [0.1, 0.15) is 5.75 Å². The summed E-state index contributed by atoms with van der Waals surface area (Å²) in [5, 5.41) is 16.9. The maximum atomic E-state index is 9.41. The lowest BCUT2D eigenvalue weighted by Crippen LogP contribution is -2.00. The molecule has 3 aromatic rings. The number of anilines is 1. The maximum Gasteiger partial charge on any atom is 0.115 e. The van der Waals surface area contributed by atoms with E-state index in [-0.39, 0.29) is 0 Å². The van der Waals surface area contributed by atoms with Gasteiger partial charge in [0.05, 0.1) is 5.69 Å².